The summed E-state index contributed by atoms with van der Waals surface area (Å²) >= 11 is 0. The summed E-state index contributed by atoms with van der Waals surface area (Å²) in [5.74, 6) is -0.364. The minimum Gasteiger partial charge on any atom is -0.354 e. The number of hydrogen-bond donors (Lipinski definition) is 2. The first kappa shape index (κ1) is 15.4. The van der Waals surface area contributed by atoms with Gasteiger partial charge in [-0.2, -0.15) is 0 Å². The van der Waals surface area contributed by atoms with Gasteiger partial charge >= 0.3 is 0 Å². The van der Waals surface area contributed by atoms with Gasteiger partial charge in [0, 0.05) is 12.1 Å². The highest BCUT2D eigenvalue weighted by molar-refractivity contribution is 5.99. The van der Waals surface area contributed by atoms with Crippen molar-refractivity contribution in [2.45, 2.75) is 39.2 Å². The van der Waals surface area contributed by atoms with Gasteiger partial charge < -0.3 is 10.6 Å². The predicted octanol–water partition coefficient (Wildman–Crippen LogP) is 1.65. The highest BCUT2D eigenvalue weighted by Crippen LogP contribution is 2.15. The van der Waals surface area contributed by atoms with Crippen molar-refractivity contribution in [3.8, 4) is 0 Å². The zero-order chi connectivity index (χ0) is 16.4. The number of rotatable bonds is 2. The molecular formula is C17H20N4O2. The van der Waals surface area contributed by atoms with Crippen LogP contribution in [0.15, 0.2) is 18.2 Å². The first-order chi connectivity index (χ1) is 11.0. The molecule has 2 heterocycles. The van der Waals surface area contributed by atoms with Gasteiger partial charge in [0.25, 0.3) is 5.91 Å². The lowest BCUT2D eigenvalue weighted by atomic mass is 10.1. The number of carbonyl (C=O) groups is 2. The van der Waals surface area contributed by atoms with Crippen LogP contribution in [0.25, 0.3) is 11.0 Å². The van der Waals surface area contributed by atoms with Crippen molar-refractivity contribution in [2.75, 3.05) is 6.54 Å². The van der Waals surface area contributed by atoms with Crippen LogP contribution < -0.4 is 10.6 Å². The zero-order valence-corrected chi connectivity index (χ0v) is 13.3. The van der Waals surface area contributed by atoms with Gasteiger partial charge in [0.15, 0.2) is 0 Å². The van der Waals surface area contributed by atoms with E-state index in [4.69, 9.17) is 0 Å². The number of carbonyl (C=O) groups excluding carboxylic acids is 2. The molecule has 1 unspecified atom stereocenters. The Morgan fingerprint density at radius 3 is 2.70 bits per heavy atom. The van der Waals surface area contributed by atoms with Gasteiger partial charge in [0.05, 0.1) is 22.4 Å². The van der Waals surface area contributed by atoms with Crippen molar-refractivity contribution < 1.29 is 9.59 Å². The molecule has 1 fully saturated rings. The monoisotopic (exact) mass is 312 g/mol. The molecule has 120 valence electrons. The van der Waals surface area contributed by atoms with Crippen LogP contribution in [0.4, 0.5) is 0 Å². The highest BCUT2D eigenvalue weighted by atomic mass is 16.2. The number of aromatic nitrogens is 2. The first-order valence-electron chi connectivity index (χ1n) is 7.88. The lowest BCUT2D eigenvalue weighted by Crippen LogP contribution is -2.45. The van der Waals surface area contributed by atoms with E-state index in [2.05, 4.69) is 20.6 Å². The van der Waals surface area contributed by atoms with Gasteiger partial charge in [0.1, 0.15) is 6.04 Å². The average Bonchev–Trinajstić information content (AvgIpc) is 2.73. The van der Waals surface area contributed by atoms with Gasteiger partial charge in [-0.1, -0.05) is 0 Å². The quantitative estimate of drug-likeness (QED) is 0.883. The minimum absolute atomic E-state index is 0.108. The molecule has 1 saturated heterocycles. The van der Waals surface area contributed by atoms with Gasteiger partial charge in [-0.3, -0.25) is 9.59 Å². The van der Waals surface area contributed by atoms with Gasteiger partial charge in [-0.25, -0.2) is 9.97 Å². The third kappa shape index (κ3) is 3.31. The van der Waals surface area contributed by atoms with Crippen LogP contribution in [0.1, 0.15) is 41.0 Å². The summed E-state index contributed by atoms with van der Waals surface area (Å²) < 4.78 is 0. The summed E-state index contributed by atoms with van der Waals surface area (Å²) in [5.41, 5.74) is 3.66. The van der Waals surface area contributed by atoms with E-state index < -0.39 is 6.04 Å². The topological polar surface area (TPSA) is 84.0 Å². The summed E-state index contributed by atoms with van der Waals surface area (Å²) in [6.45, 7) is 4.48. The second kappa shape index (κ2) is 6.32. The molecule has 1 aliphatic rings. The SMILES string of the molecule is Cc1nc2ccc(C(=O)NC3CCCCNC3=O)cc2nc1C. The number of benzene rings is 1. The largest absolute Gasteiger partial charge is 0.354 e. The molecule has 6 heteroatoms. The molecule has 1 aromatic carbocycles. The number of nitrogens with one attached hydrogen (secondary N) is 2. The Bertz CT molecular complexity index is 773. The molecule has 0 saturated carbocycles. The third-order valence-electron chi connectivity index (χ3n) is 4.18. The molecular weight excluding hydrogens is 292 g/mol. The molecule has 2 amide bonds. The lowest BCUT2D eigenvalue weighted by molar-refractivity contribution is -0.122. The summed E-state index contributed by atoms with van der Waals surface area (Å²) in [7, 11) is 0. The first-order valence-corrected chi connectivity index (χ1v) is 7.88. The van der Waals surface area contributed by atoms with Crippen molar-refractivity contribution in [2.24, 2.45) is 0 Å². The van der Waals surface area contributed by atoms with Crippen LogP contribution in [0, 0.1) is 13.8 Å². The van der Waals surface area contributed by atoms with E-state index >= 15 is 0 Å². The second-order valence-corrected chi connectivity index (χ2v) is 5.91. The van der Waals surface area contributed by atoms with Crippen LogP contribution in [-0.4, -0.2) is 34.4 Å². The molecule has 1 aromatic heterocycles. The summed E-state index contributed by atoms with van der Waals surface area (Å²) in [6, 6.07) is 4.76. The Balaban J connectivity index is 1.83. The fourth-order valence-electron chi connectivity index (χ4n) is 2.69. The molecule has 0 spiro atoms. The third-order valence-corrected chi connectivity index (χ3v) is 4.18. The zero-order valence-electron chi connectivity index (χ0n) is 13.3. The van der Waals surface area contributed by atoms with Crippen molar-refractivity contribution >= 4 is 22.8 Å². The summed E-state index contributed by atoms with van der Waals surface area (Å²) in [4.78, 5) is 33.3. The predicted molar refractivity (Wildman–Crippen MR) is 87.1 cm³/mol. The summed E-state index contributed by atoms with van der Waals surface area (Å²) in [6.07, 6.45) is 2.54. The fraction of sp³-hybridized carbons (Fsp3) is 0.412. The smallest absolute Gasteiger partial charge is 0.252 e. The van der Waals surface area contributed by atoms with Crippen molar-refractivity contribution in [3.63, 3.8) is 0 Å². The van der Waals surface area contributed by atoms with Crippen LogP contribution in [0.3, 0.4) is 0 Å². The fourth-order valence-corrected chi connectivity index (χ4v) is 2.69. The van der Waals surface area contributed by atoms with E-state index in [1.807, 2.05) is 13.8 Å². The van der Waals surface area contributed by atoms with E-state index in [1.165, 1.54) is 0 Å². The molecule has 1 atom stereocenters. The van der Waals surface area contributed by atoms with E-state index in [1.54, 1.807) is 18.2 Å². The number of nitrogens with zero attached hydrogens (tertiary/aromatic N) is 2. The Morgan fingerprint density at radius 2 is 1.91 bits per heavy atom. The molecule has 2 aromatic rings. The molecule has 6 nitrogen and oxygen atoms in total. The normalized spacial score (nSPS) is 18.3. The molecule has 0 radical (unpaired) electrons. The van der Waals surface area contributed by atoms with Crippen molar-refractivity contribution in [3.05, 3.63) is 35.2 Å². The van der Waals surface area contributed by atoms with Crippen LogP contribution in [-0.2, 0) is 4.79 Å². The van der Waals surface area contributed by atoms with Gasteiger partial charge in [0.2, 0.25) is 5.91 Å². The van der Waals surface area contributed by atoms with Gasteiger partial charge in [-0.15, -0.1) is 0 Å². The number of amides is 2. The molecule has 0 aliphatic carbocycles. The maximum absolute atomic E-state index is 12.4. The maximum Gasteiger partial charge on any atom is 0.252 e. The molecule has 23 heavy (non-hydrogen) atoms. The summed E-state index contributed by atoms with van der Waals surface area (Å²) in [5, 5.41) is 5.64. The number of aryl methyl sites for hydroxylation is 2. The van der Waals surface area contributed by atoms with E-state index in [9.17, 15) is 9.59 Å². The Hall–Kier alpha value is -2.50. The van der Waals surface area contributed by atoms with Crippen LogP contribution in [0.5, 0.6) is 0 Å². The molecule has 2 N–H and O–H groups in total. The maximum atomic E-state index is 12.4. The van der Waals surface area contributed by atoms with E-state index in [0.717, 1.165) is 29.7 Å². The minimum atomic E-state index is -0.466. The van der Waals surface area contributed by atoms with E-state index in [-0.39, 0.29) is 11.8 Å². The van der Waals surface area contributed by atoms with E-state index in [0.29, 0.717) is 24.0 Å². The van der Waals surface area contributed by atoms with Crippen LogP contribution in [0.2, 0.25) is 0 Å². The number of fused-ring (bicyclic) bond motifs is 1. The Kier molecular flexibility index (Phi) is 4.23. The standard InChI is InChI=1S/C17H20N4O2/c1-10-11(2)20-15-9-12(6-7-13(15)19-10)16(22)21-14-5-3-4-8-18-17(14)23/h6-7,9,14H,3-5,8H2,1-2H3,(H,18,23)(H,21,22). The Morgan fingerprint density at radius 1 is 1.17 bits per heavy atom. The average molecular weight is 312 g/mol. The Labute approximate surface area is 134 Å². The second-order valence-electron chi connectivity index (χ2n) is 5.91. The van der Waals surface area contributed by atoms with Crippen molar-refractivity contribution in [1.29, 1.82) is 0 Å². The molecule has 1 aliphatic heterocycles. The van der Waals surface area contributed by atoms with Crippen molar-refractivity contribution in [1.82, 2.24) is 20.6 Å². The van der Waals surface area contributed by atoms with Gasteiger partial charge in [-0.05, 0) is 51.3 Å². The molecule has 3 rings (SSSR count). The number of hydrogen-bond acceptors (Lipinski definition) is 4. The van der Waals surface area contributed by atoms with Crippen LogP contribution >= 0.6 is 0 Å². The lowest BCUT2D eigenvalue weighted by Gasteiger charge is -2.15. The highest BCUT2D eigenvalue weighted by Gasteiger charge is 2.23. The molecule has 0 bridgehead atoms.